The van der Waals surface area contributed by atoms with Crippen LogP contribution in [0, 0.1) is 11.8 Å². The summed E-state index contributed by atoms with van der Waals surface area (Å²) >= 11 is 0. The fraction of sp³-hybridized carbons (Fsp3) is 0.875. The zero-order valence-corrected chi connectivity index (χ0v) is 15.7. The number of hydrogen-bond donors (Lipinski definition) is 0. The van der Waals surface area contributed by atoms with Crippen molar-refractivity contribution in [2.45, 2.75) is 33.1 Å². The van der Waals surface area contributed by atoms with Crippen LogP contribution in [-0.4, -0.2) is 79.9 Å². The fourth-order valence-electron chi connectivity index (χ4n) is 3.70. The van der Waals surface area contributed by atoms with Crippen molar-refractivity contribution in [2.75, 3.05) is 45.5 Å². The summed E-state index contributed by atoms with van der Waals surface area (Å²) in [5.74, 6) is 0.665. The highest BCUT2D eigenvalue weighted by Gasteiger charge is 2.34. The van der Waals surface area contributed by atoms with E-state index in [4.69, 9.17) is 0 Å². The van der Waals surface area contributed by atoms with Gasteiger partial charge in [-0.3, -0.25) is 9.59 Å². The van der Waals surface area contributed by atoms with Crippen molar-refractivity contribution in [2.24, 2.45) is 11.8 Å². The molecule has 2 amide bonds. The molecule has 0 saturated carbocycles. The smallest absolute Gasteiger partial charge is 0.222 e. The monoisotopic (exact) mass is 359 g/mol. The molecule has 24 heavy (non-hydrogen) atoms. The zero-order valence-electron chi connectivity index (χ0n) is 14.9. The second-order valence-electron chi connectivity index (χ2n) is 6.93. The van der Waals surface area contributed by atoms with Gasteiger partial charge in [0.2, 0.25) is 21.8 Å². The van der Waals surface area contributed by atoms with Gasteiger partial charge >= 0.3 is 0 Å². The first-order chi connectivity index (χ1) is 11.2. The van der Waals surface area contributed by atoms with E-state index >= 15 is 0 Å². The Kier molecular flexibility index (Phi) is 6.25. The second-order valence-corrected chi connectivity index (χ2v) is 8.91. The van der Waals surface area contributed by atoms with Crippen molar-refractivity contribution in [3.05, 3.63) is 0 Å². The van der Waals surface area contributed by atoms with Gasteiger partial charge in [-0.05, 0) is 18.3 Å². The van der Waals surface area contributed by atoms with E-state index in [1.807, 2.05) is 4.90 Å². The van der Waals surface area contributed by atoms with Crippen LogP contribution in [-0.2, 0) is 19.6 Å². The second kappa shape index (κ2) is 7.82. The molecule has 2 aliphatic heterocycles. The number of amides is 2. The highest BCUT2D eigenvalue weighted by Crippen LogP contribution is 2.30. The van der Waals surface area contributed by atoms with Gasteiger partial charge in [-0.15, -0.1) is 0 Å². The van der Waals surface area contributed by atoms with Crippen molar-refractivity contribution in [3.63, 3.8) is 0 Å². The Morgan fingerprint density at radius 1 is 1.00 bits per heavy atom. The van der Waals surface area contributed by atoms with Crippen molar-refractivity contribution in [1.29, 1.82) is 0 Å². The minimum Gasteiger partial charge on any atom is -0.339 e. The van der Waals surface area contributed by atoms with Crippen LogP contribution in [0.5, 0.6) is 0 Å². The molecule has 8 heteroatoms. The topological polar surface area (TPSA) is 78.0 Å². The van der Waals surface area contributed by atoms with E-state index in [9.17, 15) is 18.0 Å². The molecule has 138 valence electrons. The molecule has 2 aliphatic rings. The van der Waals surface area contributed by atoms with Gasteiger partial charge in [-0.25, -0.2) is 12.7 Å². The van der Waals surface area contributed by atoms with Crippen LogP contribution in [0.15, 0.2) is 0 Å². The molecule has 0 aromatic carbocycles. The van der Waals surface area contributed by atoms with Gasteiger partial charge in [0.15, 0.2) is 0 Å². The zero-order chi connectivity index (χ0) is 17.9. The maximum absolute atomic E-state index is 12.6. The highest BCUT2D eigenvalue weighted by molar-refractivity contribution is 7.88. The van der Waals surface area contributed by atoms with Gasteiger partial charge in [-0.1, -0.05) is 13.3 Å². The van der Waals surface area contributed by atoms with Crippen LogP contribution in [0.25, 0.3) is 0 Å². The van der Waals surface area contributed by atoms with Gasteiger partial charge in [0.25, 0.3) is 0 Å². The molecule has 0 N–H and O–H groups in total. The predicted octanol–water partition coefficient (Wildman–Crippen LogP) is 0.375. The molecular formula is C16H29N3O4S. The van der Waals surface area contributed by atoms with E-state index in [0.717, 1.165) is 12.8 Å². The summed E-state index contributed by atoms with van der Waals surface area (Å²) < 4.78 is 25.0. The quantitative estimate of drug-likeness (QED) is 0.727. The SMILES string of the molecule is CCC1CN(S(C)(=O)=O)CCC1CC(=O)N1CCN(C(C)=O)CC1. The Morgan fingerprint density at radius 2 is 1.58 bits per heavy atom. The number of piperidine rings is 1. The maximum Gasteiger partial charge on any atom is 0.222 e. The highest BCUT2D eigenvalue weighted by atomic mass is 32.2. The molecule has 2 atom stereocenters. The maximum atomic E-state index is 12.6. The van der Waals surface area contributed by atoms with Gasteiger partial charge in [0.1, 0.15) is 0 Å². The summed E-state index contributed by atoms with van der Waals surface area (Å²) in [7, 11) is -3.16. The summed E-state index contributed by atoms with van der Waals surface area (Å²) in [6, 6.07) is 0. The predicted molar refractivity (Wildman–Crippen MR) is 91.8 cm³/mol. The molecule has 0 bridgehead atoms. The van der Waals surface area contributed by atoms with Crippen LogP contribution in [0.4, 0.5) is 0 Å². The third kappa shape index (κ3) is 4.69. The summed E-state index contributed by atoms with van der Waals surface area (Å²) in [6.45, 7) is 7.03. The molecule has 2 rings (SSSR count). The Bertz CT molecular complexity index is 570. The normalized spacial score (nSPS) is 26.5. The van der Waals surface area contributed by atoms with Gasteiger partial charge in [0, 0.05) is 52.6 Å². The van der Waals surface area contributed by atoms with Crippen LogP contribution < -0.4 is 0 Å². The number of piperazine rings is 1. The van der Waals surface area contributed by atoms with Crippen molar-refractivity contribution in [1.82, 2.24) is 14.1 Å². The molecule has 0 aromatic heterocycles. The molecule has 2 unspecified atom stereocenters. The Balaban J connectivity index is 1.89. The largest absolute Gasteiger partial charge is 0.339 e. The minimum atomic E-state index is -3.16. The number of sulfonamides is 1. The van der Waals surface area contributed by atoms with Gasteiger partial charge in [0.05, 0.1) is 6.26 Å². The van der Waals surface area contributed by atoms with Crippen LogP contribution in [0.1, 0.15) is 33.1 Å². The minimum absolute atomic E-state index is 0.0568. The number of hydrogen-bond acceptors (Lipinski definition) is 4. The van der Waals surface area contributed by atoms with Crippen LogP contribution >= 0.6 is 0 Å². The first-order valence-corrected chi connectivity index (χ1v) is 10.6. The molecule has 7 nitrogen and oxygen atoms in total. The van der Waals surface area contributed by atoms with E-state index in [0.29, 0.717) is 45.7 Å². The van der Waals surface area contributed by atoms with Gasteiger partial charge < -0.3 is 9.80 Å². The Labute approximate surface area is 145 Å². The lowest BCUT2D eigenvalue weighted by atomic mass is 9.82. The molecule has 0 radical (unpaired) electrons. The van der Waals surface area contributed by atoms with Crippen molar-refractivity contribution in [3.8, 4) is 0 Å². The lowest BCUT2D eigenvalue weighted by Crippen LogP contribution is -2.51. The molecule has 0 spiro atoms. The molecule has 0 aromatic rings. The lowest BCUT2D eigenvalue weighted by molar-refractivity contribution is -0.139. The summed E-state index contributed by atoms with van der Waals surface area (Å²) in [5.41, 5.74) is 0. The van der Waals surface area contributed by atoms with E-state index < -0.39 is 10.0 Å². The molecule has 2 fully saturated rings. The van der Waals surface area contributed by atoms with E-state index in [1.54, 1.807) is 11.8 Å². The average Bonchev–Trinajstić information content (AvgIpc) is 2.54. The first-order valence-electron chi connectivity index (χ1n) is 8.70. The third-order valence-corrected chi connectivity index (χ3v) is 6.63. The average molecular weight is 359 g/mol. The Hall–Kier alpha value is -1.15. The van der Waals surface area contributed by atoms with Gasteiger partial charge in [-0.2, -0.15) is 0 Å². The van der Waals surface area contributed by atoms with E-state index in [-0.39, 0.29) is 23.7 Å². The van der Waals surface area contributed by atoms with Crippen molar-refractivity contribution < 1.29 is 18.0 Å². The lowest BCUT2D eigenvalue weighted by Gasteiger charge is -2.39. The summed E-state index contributed by atoms with van der Waals surface area (Å²) in [5, 5.41) is 0. The van der Waals surface area contributed by atoms with E-state index in [2.05, 4.69) is 6.92 Å². The number of rotatable bonds is 4. The number of carbonyl (C=O) groups is 2. The van der Waals surface area contributed by atoms with Crippen LogP contribution in [0.3, 0.4) is 0 Å². The Morgan fingerprint density at radius 3 is 2.08 bits per heavy atom. The third-order valence-electron chi connectivity index (χ3n) is 5.36. The first kappa shape index (κ1) is 19.2. The van der Waals surface area contributed by atoms with Crippen LogP contribution in [0.2, 0.25) is 0 Å². The van der Waals surface area contributed by atoms with E-state index in [1.165, 1.54) is 10.6 Å². The van der Waals surface area contributed by atoms with Crippen molar-refractivity contribution >= 4 is 21.8 Å². The summed E-state index contributed by atoms with van der Waals surface area (Å²) in [6.07, 6.45) is 3.35. The molecular weight excluding hydrogens is 330 g/mol. The number of nitrogens with zero attached hydrogens (tertiary/aromatic N) is 3. The molecule has 0 aliphatic carbocycles. The summed E-state index contributed by atoms with van der Waals surface area (Å²) in [4.78, 5) is 27.5. The fourth-order valence-corrected chi connectivity index (χ4v) is 4.60. The standard InChI is InChI=1S/C16H29N3O4S/c1-4-14-12-19(24(3,22)23)6-5-15(14)11-16(21)18-9-7-17(8-10-18)13(2)20/h14-15H,4-12H2,1-3H3. The molecule has 2 heterocycles. The molecule has 2 saturated heterocycles. The number of carbonyl (C=O) groups excluding carboxylic acids is 2.